The first kappa shape index (κ1) is 27.2. The Hall–Kier alpha value is -2.83. The van der Waals surface area contributed by atoms with Crippen LogP contribution in [-0.4, -0.2) is 28.2 Å². The summed E-state index contributed by atoms with van der Waals surface area (Å²) >= 11 is 0. The molecule has 0 saturated heterocycles. The number of benzene rings is 3. The van der Waals surface area contributed by atoms with E-state index in [1.54, 1.807) is 0 Å². The van der Waals surface area contributed by atoms with Crippen LogP contribution < -0.4 is 5.32 Å². The summed E-state index contributed by atoms with van der Waals surface area (Å²) in [6.07, 6.45) is 6.11. The van der Waals surface area contributed by atoms with Gasteiger partial charge in [-0.15, -0.1) is 10.2 Å². The first-order valence-corrected chi connectivity index (χ1v) is 14.4. The van der Waals surface area contributed by atoms with Gasteiger partial charge < -0.3 is 19.2 Å². The molecule has 0 aliphatic carbocycles. The van der Waals surface area contributed by atoms with E-state index in [4.69, 9.17) is 13.8 Å². The van der Waals surface area contributed by atoms with Crippen LogP contribution in [0.3, 0.4) is 0 Å². The second kappa shape index (κ2) is 14.2. The van der Waals surface area contributed by atoms with Crippen LogP contribution in [0.1, 0.15) is 62.0 Å². The molecule has 0 spiro atoms. The summed E-state index contributed by atoms with van der Waals surface area (Å²) in [6, 6.07) is 23.0. The Kier molecular flexibility index (Phi) is 10.4. The average Bonchev–Trinajstić information content (AvgIpc) is 3.38. The third-order valence-electron chi connectivity index (χ3n) is 6.60. The fourth-order valence-corrected chi connectivity index (χ4v) is 5.01. The van der Waals surface area contributed by atoms with Gasteiger partial charge in [0.25, 0.3) is 0 Å². The van der Waals surface area contributed by atoms with Crippen molar-refractivity contribution >= 4 is 19.0 Å². The quantitative estimate of drug-likeness (QED) is 0.133. The minimum atomic E-state index is -2.86. The highest BCUT2D eigenvalue weighted by Crippen LogP contribution is 2.32. The molecule has 196 valence electrons. The van der Waals surface area contributed by atoms with E-state index in [2.05, 4.69) is 71.0 Å². The lowest BCUT2D eigenvalue weighted by molar-refractivity contribution is 0.276. The van der Waals surface area contributed by atoms with Crippen LogP contribution in [-0.2, 0) is 22.1 Å². The highest BCUT2D eigenvalue weighted by atomic mass is 31.1. The minimum Gasteiger partial charge on any atom is -0.421 e. The van der Waals surface area contributed by atoms with Crippen molar-refractivity contribution in [1.29, 1.82) is 0 Å². The van der Waals surface area contributed by atoms with E-state index in [-0.39, 0.29) is 6.61 Å². The van der Waals surface area contributed by atoms with Crippen molar-refractivity contribution in [3.05, 3.63) is 83.7 Å². The van der Waals surface area contributed by atoms with Crippen molar-refractivity contribution in [3.8, 4) is 11.5 Å². The summed E-state index contributed by atoms with van der Waals surface area (Å²) in [5, 5.41) is 14.4. The summed E-state index contributed by atoms with van der Waals surface area (Å²) in [7, 11) is -2.86. The summed E-state index contributed by atoms with van der Waals surface area (Å²) < 4.78 is 21.6. The molecule has 2 atom stereocenters. The highest BCUT2D eigenvalue weighted by molar-refractivity contribution is 7.32. The van der Waals surface area contributed by atoms with Gasteiger partial charge in [-0.25, -0.2) is 0 Å². The second-order valence-corrected chi connectivity index (χ2v) is 10.1. The lowest BCUT2D eigenvalue weighted by Gasteiger charge is -2.15. The predicted octanol–water partition coefficient (Wildman–Crippen LogP) is 6.67. The van der Waals surface area contributed by atoms with Gasteiger partial charge in [-0.2, -0.15) is 0 Å². The van der Waals surface area contributed by atoms with Crippen molar-refractivity contribution in [2.75, 3.05) is 13.2 Å². The second-order valence-electron chi connectivity index (χ2n) is 9.27. The predicted molar refractivity (Wildman–Crippen MR) is 148 cm³/mol. The van der Waals surface area contributed by atoms with Crippen LogP contribution in [0.4, 0.5) is 0 Å². The number of nitrogens with zero attached hydrogens (tertiary/aromatic N) is 2. The first-order valence-electron chi connectivity index (χ1n) is 13.1. The van der Waals surface area contributed by atoms with Crippen LogP contribution in [0.25, 0.3) is 22.2 Å². The normalized spacial score (nSPS) is 13.1. The van der Waals surface area contributed by atoms with Crippen LogP contribution >= 0.6 is 8.25 Å². The lowest BCUT2D eigenvalue weighted by Crippen LogP contribution is -2.16. The third-order valence-corrected chi connectivity index (χ3v) is 7.05. The van der Waals surface area contributed by atoms with E-state index in [1.165, 1.54) is 24.8 Å². The fraction of sp³-hybridized carbons (Fsp3) is 0.379. The van der Waals surface area contributed by atoms with Crippen LogP contribution in [0, 0.1) is 0 Å². The summed E-state index contributed by atoms with van der Waals surface area (Å²) in [6.45, 7) is 3.87. The van der Waals surface area contributed by atoms with E-state index in [1.807, 2.05) is 18.2 Å². The smallest absolute Gasteiger partial charge is 0.316 e. The molecule has 0 aliphatic heterocycles. The van der Waals surface area contributed by atoms with Gasteiger partial charge in [-0.3, -0.25) is 4.57 Å². The number of fused-ring (bicyclic) bond motifs is 1. The number of unbranched alkanes of at least 4 members (excludes halogenated alkanes) is 2. The van der Waals surface area contributed by atoms with Gasteiger partial charge in [-0.05, 0) is 53.3 Å². The number of hydrogen-bond acceptors (Lipinski definition) is 6. The molecule has 7 nitrogen and oxygen atoms in total. The Morgan fingerprint density at radius 2 is 1.76 bits per heavy atom. The third kappa shape index (κ3) is 7.83. The van der Waals surface area contributed by atoms with Crippen molar-refractivity contribution < 1.29 is 18.4 Å². The monoisotopic (exact) mass is 521 g/mol. The molecule has 0 amide bonds. The molecule has 0 bridgehead atoms. The van der Waals surface area contributed by atoms with Gasteiger partial charge in [-0.1, -0.05) is 86.8 Å². The van der Waals surface area contributed by atoms with E-state index in [0.717, 1.165) is 34.7 Å². The van der Waals surface area contributed by atoms with Crippen molar-refractivity contribution in [3.63, 3.8) is 0 Å². The Labute approximate surface area is 219 Å². The number of hydrogen-bond donors (Lipinski definition) is 2. The molecule has 0 aliphatic rings. The Morgan fingerprint density at radius 3 is 2.54 bits per heavy atom. The Bertz CT molecular complexity index is 1280. The molecule has 2 unspecified atom stereocenters. The van der Waals surface area contributed by atoms with Gasteiger partial charge in [0.1, 0.15) is 0 Å². The standard InChI is InChI=1S/C29H36N3O4P/c1-2-3-5-13-23(22-11-6-4-7-12-22)20-28-31-32-29(36-28)27-17-16-24(25-14-8-9-15-26(25)27)21-30-18-10-19-35-37(33)34/h4,6-9,11-12,14-17,23,30,37H,2-3,5,10,13,18-21H2,1H3,(H,33,34). The SMILES string of the molecule is CCCCCC(Cc1nnc(-c2ccc(CNCCCO[PH](=O)O)c3ccccc23)o1)c1ccccc1. The fourth-order valence-electron chi connectivity index (χ4n) is 4.69. The van der Waals surface area contributed by atoms with Crippen LogP contribution in [0.5, 0.6) is 0 Å². The van der Waals surface area contributed by atoms with E-state index in [0.29, 0.717) is 37.2 Å². The van der Waals surface area contributed by atoms with Crippen molar-refractivity contribution in [2.24, 2.45) is 0 Å². The Morgan fingerprint density at radius 1 is 0.973 bits per heavy atom. The van der Waals surface area contributed by atoms with E-state index < -0.39 is 8.25 Å². The molecular formula is C29H36N3O4P. The molecule has 2 N–H and O–H groups in total. The molecular weight excluding hydrogens is 485 g/mol. The topological polar surface area (TPSA) is 97.5 Å². The lowest BCUT2D eigenvalue weighted by atomic mass is 9.90. The molecule has 0 saturated carbocycles. The first-order chi connectivity index (χ1) is 18.2. The molecule has 1 aromatic heterocycles. The zero-order valence-electron chi connectivity index (χ0n) is 21.4. The van der Waals surface area contributed by atoms with Gasteiger partial charge in [0.05, 0.1) is 6.61 Å². The molecule has 1 heterocycles. The van der Waals surface area contributed by atoms with Crippen molar-refractivity contribution in [1.82, 2.24) is 15.5 Å². The van der Waals surface area contributed by atoms with E-state index >= 15 is 0 Å². The van der Waals surface area contributed by atoms with Crippen LogP contribution in [0.2, 0.25) is 0 Å². The maximum Gasteiger partial charge on any atom is 0.316 e. The van der Waals surface area contributed by atoms with Gasteiger partial charge in [0.15, 0.2) is 0 Å². The van der Waals surface area contributed by atoms with Crippen molar-refractivity contribution in [2.45, 2.75) is 57.9 Å². The molecule has 37 heavy (non-hydrogen) atoms. The summed E-state index contributed by atoms with van der Waals surface area (Å²) in [4.78, 5) is 8.75. The zero-order chi connectivity index (χ0) is 25.9. The molecule has 4 aromatic rings. The number of aromatic nitrogens is 2. The number of rotatable bonds is 15. The maximum absolute atomic E-state index is 10.6. The molecule has 0 radical (unpaired) electrons. The largest absolute Gasteiger partial charge is 0.421 e. The average molecular weight is 522 g/mol. The molecule has 3 aromatic carbocycles. The van der Waals surface area contributed by atoms with Gasteiger partial charge >= 0.3 is 8.25 Å². The summed E-state index contributed by atoms with van der Waals surface area (Å²) in [5.41, 5.74) is 3.41. The molecule has 4 rings (SSSR count). The molecule has 8 heteroatoms. The zero-order valence-corrected chi connectivity index (χ0v) is 22.4. The Balaban J connectivity index is 1.48. The van der Waals surface area contributed by atoms with Crippen LogP contribution in [0.15, 0.2) is 71.1 Å². The van der Waals surface area contributed by atoms with Gasteiger partial charge in [0.2, 0.25) is 11.8 Å². The summed E-state index contributed by atoms with van der Waals surface area (Å²) in [5.74, 6) is 1.57. The minimum absolute atomic E-state index is 0.268. The highest BCUT2D eigenvalue weighted by Gasteiger charge is 2.18. The maximum atomic E-state index is 10.6. The number of nitrogens with one attached hydrogen (secondary N) is 1. The van der Waals surface area contributed by atoms with Gasteiger partial charge in [0, 0.05) is 18.5 Å². The molecule has 0 fully saturated rings. The van der Waals surface area contributed by atoms with E-state index in [9.17, 15) is 4.57 Å².